The molecule has 6 heteroatoms. The fourth-order valence-corrected chi connectivity index (χ4v) is 0.889. The molecule has 1 unspecified atom stereocenters. The summed E-state index contributed by atoms with van der Waals surface area (Å²) in [6.45, 7) is 4.77. The van der Waals surface area contributed by atoms with Gasteiger partial charge in [-0.1, -0.05) is 5.16 Å². The Morgan fingerprint density at radius 2 is 2.21 bits per heavy atom. The number of amides is 1. The molecule has 1 aromatic rings. The minimum Gasteiger partial charge on any atom is -0.384 e. The molecule has 0 aliphatic carbocycles. The monoisotopic (exact) mass is 199 g/mol. The lowest BCUT2D eigenvalue weighted by molar-refractivity contribution is -0.129. The summed E-state index contributed by atoms with van der Waals surface area (Å²) in [5.41, 5.74) is 0. The van der Waals surface area contributed by atoms with E-state index < -0.39 is 12.0 Å². The molecule has 1 amide bonds. The third-order valence-corrected chi connectivity index (χ3v) is 1.67. The van der Waals surface area contributed by atoms with Crippen molar-refractivity contribution in [3.8, 4) is 0 Å². The van der Waals surface area contributed by atoms with Crippen molar-refractivity contribution < 1.29 is 14.4 Å². The van der Waals surface area contributed by atoms with Gasteiger partial charge in [0.1, 0.15) is 6.10 Å². The van der Waals surface area contributed by atoms with Crippen LogP contribution >= 0.6 is 0 Å². The van der Waals surface area contributed by atoms with E-state index in [1.165, 1.54) is 6.92 Å². The number of nitrogens with one attached hydrogen (secondary N) is 1. The number of aryl methyl sites for hydroxylation is 1. The van der Waals surface area contributed by atoms with Crippen LogP contribution in [0.25, 0.3) is 0 Å². The zero-order chi connectivity index (χ0) is 10.7. The quantitative estimate of drug-likeness (QED) is 0.711. The molecule has 0 radical (unpaired) electrons. The van der Waals surface area contributed by atoms with Gasteiger partial charge in [-0.2, -0.15) is 4.98 Å². The number of rotatable bonds is 3. The number of carbonyl (C=O) groups excluding carboxylic acids is 1. The summed E-state index contributed by atoms with van der Waals surface area (Å²) in [4.78, 5) is 15.0. The summed E-state index contributed by atoms with van der Waals surface area (Å²) >= 11 is 0. The van der Waals surface area contributed by atoms with Gasteiger partial charge in [0, 0.05) is 6.92 Å². The topological polar surface area (TPSA) is 88.2 Å². The van der Waals surface area contributed by atoms with Crippen molar-refractivity contribution in [2.24, 2.45) is 0 Å². The smallest absolute Gasteiger partial charge is 0.249 e. The summed E-state index contributed by atoms with van der Waals surface area (Å²) in [6, 6.07) is -0.366. The third-order valence-electron chi connectivity index (χ3n) is 1.67. The van der Waals surface area contributed by atoms with Crippen LogP contribution in [-0.2, 0) is 4.79 Å². The lowest BCUT2D eigenvalue weighted by Gasteiger charge is -2.10. The second kappa shape index (κ2) is 4.19. The van der Waals surface area contributed by atoms with E-state index in [-0.39, 0.29) is 6.04 Å². The van der Waals surface area contributed by atoms with Crippen LogP contribution in [0.2, 0.25) is 0 Å². The minimum atomic E-state index is -1.04. The Bertz CT molecular complexity index is 321. The first-order chi connectivity index (χ1) is 6.50. The van der Waals surface area contributed by atoms with Crippen molar-refractivity contribution >= 4 is 5.91 Å². The molecule has 1 aromatic heterocycles. The highest BCUT2D eigenvalue weighted by molar-refractivity contribution is 5.80. The summed E-state index contributed by atoms with van der Waals surface area (Å²) in [7, 11) is 0. The van der Waals surface area contributed by atoms with Crippen LogP contribution in [0.1, 0.15) is 31.6 Å². The molecule has 2 N–H and O–H groups in total. The highest BCUT2D eigenvalue weighted by Gasteiger charge is 2.17. The largest absolute Gasteiger partial charge is 0.384 e. The molecule has 0 bridgehead atoms. The SMILES string of the molecule is Cc1nc(C(C)NC(=O)[C@@H](C)O)no1. The maximum atomic E-state index is 11.1. The zero-order valence-corrected chi connectivity index (χ0v) is 8.31. The Morgan fingerprint density at radius 3 is 2.64 bits per heavy atom. The van der Waals surface area contributed by atoms with Crippen molar-refractivity contribution in [3.63, 3.8) is 0 Å². The van der Waals surface area contributed by atoms with Gasteiger partial charge in [0.15, 0.2) is 5.82 Å². The Balaban J connectivity index is 2.59. The summed E-state index contributed by atoms with van der Waals surface area (Å²) in [5, 5.41) is 15.1. The lowest BCUT2D eigenvalue weighted by atomic mass is 10.3. The number of aliphatic hydroxyl groups is 1. The van der Waals surface area contributed by atoms with E-state index in [9.17, 15) is 4.79 Å². The Hall–Kier alpha value is -1.43. The average Bonchev–Trinajstić information content (AvgIpc) is 2.51. The van der Waals surface area contributed by atoms with E-state index in [1.54, 1.807) is 13.8 Å². The van der Waals surface area contributed by atoms with Crippen LogP contribution in [0.4, 0.5) is 0 Å². The second-order valence-electron chi connectivity index (χ2n) is 3.08. The van der Waals surface area contributed by atoms with Gasteiger partial charge in [0.25, 0.3) is 0 Å². The molecule has 78 valence electrons. The molecular formula is C8H13N3O3. The van der Waals surface area contributed by atoms with Crippen LogP contribution in [0.15, 0.2) is 4.52 Å². The molecule has 2 atom stereocenters. The number of hydrogen-bond acceptors (Lipinski definition) is 5. The molecule has 0 fully saturated rings. The number of carbonyl (C=O) groups is 1. The van der Waals surface area contributed by atoms with E-state index >= 15 is 0 Å². The van der Waals surface area contributed by atoms with Crippen LogP contribution in [-0.4, -0.2) is 27.3 Å². The molecular weight excluding hydrogens is 186 g/mol. The summed E-state index contributed by atoms with van der Waals surface area (Å²) < 4.78 is 4.75. The predicted octanol–water partition coefficient (Wildman–Crippen LogP) is -0.0640. The van der Waals surface area contributed by atoms with Gasteiger partial charge in [-0.25, -0.2) is 0 Å². The van der Waals surface area contributed by atoms with Gasteiger partial charge in [0.2, 0.25) is 11.8 Å². The number of aliphatic hydroxyl groups excluding tert-OH is 1. The van der Waals surface area contributed by atoms with E-state index in [0.717, 1.165) is 0 Å². The first kappa shape index (κ1) is 10.6. The standard InChI is InChI=1S/C8H13N3O3/c1-4(9-8(13)5(2)12)7-10-6(3)14-11-7/h4-5,12H,1-3H3,(H,9,13)/t4?,5-/m1/s1. The first-order valence-corrected chi connectivity index (χ1v) is 4.29. The van der Waals surface area contributed by atoms with Crippen LogP contribution in [0.3, 0.4) is 0 Å². The second-order valence-corrected chi connectivity index (χ2v) is 3.08. The number of nitrogens with zero attached hydrogens (tertiary/aromatic N) is 2. The molecule has 6 nitrogen and oxygen atoms in total. The molecule has 1 heterocycles. The maximum absolute atomic E-state index is 11.1. The van der Waals surface area contributed by atoms with Gasteiger partial charge in [-0.15, -0.1) is 0 Å². The fourth-order valence-electron chi connectivity index (χ4n) is 0.889. The van der Waals surface area contributed by atoms with Crippen molar-refractivity contribution in [2.45, 2.75) is 32.9 Å². The zero-order valence-electron chi connectivity index (χ0n) is 8.31. The minimum absolute atomic E-state index is 0.366. The Morgan fingerprint density at radius 1 is 1.57 bits per heavy atom. The molecule has 0 saturated heterocycles. The third kappa shape index (κ3) is 2.53. The van der Waals surface area contributed by atoms with E-state index in [1.807, 2.05) is 0 Å². The van der Waals surface area contributed by atoms with Crippen molar-refractivity contribution in [3.05, 3.63) is 11.7 Å². The Labute approximate surface area is 81.3 Å². The molecule has 0 aliphatic heterocycles. The highest BCUT2D eigenvalue weighted by atomic mass is 16.5. The van der Waals surface area contributed by atoms with Gasteiger partial charge in [0.05, 0.1) is 6.04 Å². The van der Waals surface area contributed by atoms with Crippen LogP contribution in [0.5, 0.6) is 0 Å². The van der Waals surface area contributed by atoms with Gasteiger partial charge >= 0.3 is 0 Å². The maximum Gasteiger partial charge on any atom is 0.249 e. The molecule has 0 saturated carbocycles. The fraction of sp³-hybridized carbons (Fsp3) is 0.625. The number of hydrogen-bond donors (Lipinski definition) is 2. The first-order valence-electron chi connectivity index (χ1n) is 4.29. The van der Waals surface area contributed by atoms with Gasteiger partial charge < -0.3 is 14.9 Å². The number of aromatic nitrogens is 2. The van der Waals surface area contributed by atoms with E-state index in [4.69, 9.17) is 9.63 Å². The molecule has 1 rings (SSSR count). The molecule has 14 heavy (non-hydrogen) atoms. The summed E-state index contributed by atoms with van der Waals surface area (Å²) in [5.74, 6) is 0.384. The normalized spacial score (nSPS) is 14.9. The van der Waals surface area contributed by atoms with Crippen molar-refractivity contribution in [1.29, 1.82) is 0 Å². The van der Waals surface area contributed by atoms with Crippen molar-refractivity contribution in [2.75, 3.05) is 0 Å². The van der Waals surface area contributed by atoms with Crippen LogP contribution < -0.4 is 5.32 Å². The molecule has 0 aromatic carbocycles. The summed E-state index contributed by atoms with van der Waals surface area (Å²) in [6.07, 6.45) is -1.04. The van der Waals surface area contributed by atoms with Gasteiger partial charge in [-0.3, -0.25) is 4.79 Å². The molecule has 0 spiro atoms. The van der Waals surface area contributed by atoms with Crippen LogP contribution in [0, 0.1) is 6.92 Å². The predicted molar refractivity (Wildman–Crippen MR) is 47.3 cm³/mol. The van der Waals surface area contributed by atoms with Gasteiger partial charge in [-0.05, 0) is 13.8 Å². The van der Waals surface area contributed by atoms with E-state index in [2.05, 4.69) is 15.5 Å². The highest BCUT2D eigenvalue weighted by Crippen LogP contribution is 2.07. The van der Waals surface area contributed by atoms with E-state index in [0.29, 0.717) is 11.7 Å². The molecule has 0 aliphatic rings. The average molecular weight is 199 g/mol. The lowest BCUT2D eigenvalue weighted by Crippen LogP contribution is -2.34. The Kier molecular flexibility index (Phi) is 3.19. The van der Waals surface area contributed by atoms with Crippen molar-refractivity contribution in [1.82, 2.24) is 15.5 Å².